The molecule has 0 spiro atoms. The van der Waals surface area contributed by atoms with Crippen LogP contribution in [0.25, 0.3) is 10.9 Å². The second-order valence-corrected chi connectivity index (χ2v) is 5.32. The van der Waals surface area contributed by atoms with E-state index in [1.165, 1.54) is 29.7 Å². The van der Waals surface area contributed by atoms with Gasteiger partial charge in [0.15, 0.2) is 6.61 Å². The third-order valence-electron chi connectivity index (χ3n) is 3.63. The van der Waals surface area contributed by atoms with Crippen molar-refractivity contribution in [3.05, 3.63) is 59.8 Å². The Kier molecular flexibility index (Phi) is 4.80. The highest BCUT2D eigenvalue weighted by atomic mass is 19.1. The van der Waals surface area contributed by atoms with E-state index in [-0.39, 0.29) is 18.1 Å². The van der Waals surface area contributed by atoms with Crippen LogP contribution in [0.15, 0.2) is 42.6 Å². The van der Waals surface area contributed by atoms with Crippen molar-refractivity contribution in [1.82, 2.24) is 10.5 Å². The highest BCUT2D eigenvalue weighted by molar-refractivity contribution is 5.92. The number of nitrogens with one attached hydrogen (secondary N) is 3. The molecule has 1 heterocycles. The van der Waals surface area contributed by atoms with Crippen molar-refractivity contribution in [1.29, 1.82) is 0 Å². The summed E-state index contributed by atoms with van der Waals surface area (Å²) >= 11 is 0. The Morgan fingerprint density at radius 2 is 2.04 bits per heavy atom. The first-order valence-electron chi connectivity index (χ1n) is 7.41. The molecule has 0 aliphatic rings. The molecule has 130 valence electrons. The van der Waals surface area contributed by atoms with Crippen LogP contribution < -0.4 is 15.5 Å². The number of hydroxylamine groups is 1. The van der Waals surface area contributed by atoms with Gasteiger partial charge in [0.25, 0.3) is 5.91 Å². The van der Waals surface area contributed by atoms with E-state index < -0.39 is 18.3 Å². The minimum absolute atomic E-state index is 0.166. The van der Waals surface area contributed by atoms with E-state index in [0.717, 1.165) is 11.6 Å². The van der Waals surface area contributed by atoms with E-state index in [9.17, 15) is 13.6 Å². The molecule has 2 aromatic carbocycles. The van der Waals surface area contributed by atoms with Crippen molar-refractivity contribution >= 4 is 22.5 Å². The zero-order valence-electron chi connectivity index (χ0n) is 13.0. The minimum atomic E-state index is -0.738. The molecule has 0 atom stereocenters. The molecule has 0 aliphatic carbocycles. The van der Waals surface area contributed by atoms with E-state index in [0.29, 0.717) is 16.6 Å². The van der Waals surface area contributed by atoms with Crippen LogP contribution in [0.2, 0.25) is 0 Å². The molecule has 1 aromatic heterocycles. The number of aromatic nitrogens is 1. The molecule has 1 amide bonds. The second-order valence-electron chi connectivity index (χ2n) is 5.32. The molecule has 8 heteroatoms. The summed E-state index contributed by atoms with van der Waals surface area (Å²) in [5.41, 5.74) is 3.23. The number of carbonyl (C=O) groups excluding carboxylic acids is 1. The number of benzene rings is 2. The fourth-order valence-corrected chi connectivity index (χ4v) is 2.37. The number of amides is 1. The molecule has 0 saturated heterocycles. The van der Waals surface area contributed by atoms with Crippen LogP contribution in [-0.2, 0) is 11.3 Å². The summed E-state index contributed by atoms with van der Waals surface area (Å²) in [5.74, 6) is -1.44. The van der Waals surface area contributed by atoms with Crippen LogP contribution in [-0.4, -0.2) is 22.7 Å². The van der Waals surface area contributed by atoms with Gasteiger partial charge >= 0.3 is 0 Å². The maximum atomic E-state index is 14.1. The fraction of sp³-hybridized carbons (Fsp3) is 0.118. The van der Waals surface area contributed by atoms with E-state index >= 15 is 0 Å². The zero-order chi connectivity index (χ0) is 17.8. The van der Waals surface area contributed by atoms with Gasteiger partial charge in [-0.15, -0.1) is 0 Å². The molecule has 0 bridgehead atoms. The van der Waals surface area contributed by atoms with Gasteiger partial charge in [0.05, 0.1) is 5.69 Å². The van der Waals surface area contributed by atoms with Crippen molar-refractivity contribution in [2.24, 2.45) is 0 Å². The van der Waals surface area contributed by atoms with Crippen LogP contribution in [0.1, 0.15) is 5.56 Å². The number of H-pyrrole nitrogens is 1. The lowest BCUT2D eigenvalue weighted by molar-refractivity contribution is -0.131. The molecule has 4 N–H and O–H groups in total. The molecule has 0 radical (unpaired) electrons. The SMILES string of the molecule is O=C(COc1ccc(CNc2c[nH]c3ccc(F)cc23)c(F)c1)NO. The molecule has 3 aromatic rings. The predicted octanol–water partition coefficient (Wildman–Crippen LogP) is 2.94. The van der Waals surface area contributed by atoms with Crippen molar-refractivity contribution in [3.63, 3.8) is 0 Å². The Balaban J connectivity index is 1.68. The molecule has 0 aliphatic heterocycles. The predicted molar refractivity (Wildman–Crippen MR) is 87.4 cm³/mol. The maximum absolute atomic E-state index is 14.1. The van der Waals surface area contributed by atoms with E-state index in [1.54, 1.807) is 12.3 Å². The topological polar surface area (TPSA) is 86.4 Å². The van der Waals surface area contributed by atoms with Gasteiger partial charge in [0.1, 0.15) is 17.4 Å². The summed E-state index contributed by atoms with van der Waals surface area (Å²) in [6.07, 6.45) is 1.69. The molecule has 6 nitrogen and oxygen atoms in total. The van der Waals surface area contributed by atoms with Crippen LogP contribution in [0.5, 0.6) is 5.75 Å². The summed E-state index contributed by atoms with van der Waals surface area (Å²) in [6, 6.07) is 8.57. The first-order chi connectivity index (χ1) is 12.1. The number of ether oxygens (including phenoxy) is 1. The van der Waals surface area contributed by atoms with Gasteiger partial charge in [-0.05, 0) is 24.3 Å². The van der Waals surface area contributed by atoms with Crippen LogP contribution in [0.4, 0.5) is 14.5 Å². The number of aromatic amines is 1. The second kappa shape index (κ2) is 7.18. The Bertz CT molecular complexity index is 911. The smallest absolute Gasteiger partial charge is 0.281 e. The number of hydrogen-bond acceptors (Lipinski definition) is 4. The van der Waals surface area contributed by atoms with Gasteiger partial charge in [-0.1, -0.05) is 6.07 Å². The average Bonchev–Trinajstić information content (AvgIpc) is 3.01. The Hall–Kier alpha value is -3.13. The largest absolute Gasteiger partial charge is 0.484 e. The number of hydrogen-bond donors (Lipinski definition) is 4. The zero-order valence-corrected chi connectivity index (χ0v) is 13.0. The number of anilines is 1. The van der Waals surface area contributed by atoms with Gasteiger partial charge < -0.3 is 15.0 Å². The van der Waals surface area contributed by atoms with Crippen molar-refractivity contribution in [3.8, 4) is 5.75 Å². The monoisotopic (exact) mass is 347 g/mol. The van der Waals surface area contributed by atoms with E-state index in [4.69, 9.17) is 9.94 Å². The van der Waals surface area contributed by atoms with E-state index in [1.807, 2.05) is 0 Å². The van der Waals surface area contributed by atoms with Gasteiger partial charge in [-0.2, -0.15) is 0 Å². The standard InChI is InChI=1S/C17H15F2N3O3/c18-11-2-4-15-13(5-11)16(8-21-15)20-7-10-1-3-12(6-14(10)19)25-9-17(23)22-24/h1-6,8,20-21,24H,7,9H2,(H,22,23). The quantitative estimate of drug-likeness (QED) is 0.408. The van der Waals surface area contributed by atoms with E-state index in [2.05, 4.69) is 10.3 Å². The molecule has 0 unspecified atom stereocenters. The Morgan fingerprint density at radius 1 is 1.20 bits per heavy atom. The lowest BCUT2D eigenvalue weighted by Gasteiger charge is -2.09. The first-order valence-corrected chi connectivity index (χ1v) is 7.41. The van der Waals surface area contributed by atoms with Gasteiger partial charge in [0.2, 0.25) is 0 Å². The lowest BCUT2D eigenvalue weighted by Crippen LogP contribution is -2.25. The summed E-state index contributed by atoms with van der Waals surface area (Å²) < 4.78 is 32.5. The Labute approximate surface area is 141 Å². The third-order valence-corrected chi connectivity index (χ3v) is 3.63. The highest BCUT2D eigenvalue weighted by Gasteiger charge is 2.09. The van der Waals surface area contributed by atoms with Crippen LogP contribution >= 0.6 is 0 Å². The molecule has 0 saturated carbocycles. The summed E-state index contributed by atoms with van der Waals surface area (Å²) in [6.45, 7) is -0.235. The van der Waals surface area contributed by atoms with Crippen LogP contribution in [0, 0.1) is 11.6 Å². The van der Waals surface area contributed by atoms with Gasteiger partial charge in [0, 0.05) is 35.3 Å². The normalized spacial score (nSPS) is 10.7. The fourth-order valence-electron chi connectivity index (χ4n) is 2.37. The lowest BCUT2D eigenvalue weighted by atomic mass is 10.2. The molecule has 25 heavy (non-hydrogen) atoms. The number of halogens is 2. The molecule has 3 rings (SSSR count). The van der Waals surface area contributed by atoms with Gasteiger partial charge in [-0.3, -0.25) is 10.0 Å². The summed E-state index contributed by atoms with van der Waals surface area (Å²) in [5, 5.41) is 12.1. The summed E-state index contributed by atoms with van der Waals surface area (Å²) in [7, 11) is 0. The number of carbonyl (C=O) groups is 1. The van der Waals surface area contributed by atoms with Crippen molar-refractivity contribution < 1.29 is 23.5 Å². The summed E-state index contributed by atoms with van der Waals surface area (Å²) in [4.78, 5) is 13.9. The molecule has 0 fully saturated rings. The maximum Gasteiger partial charge on any atom is 0.281 e. The molecular formula is C17H15F2N3O3. The number of rotatable bonds is 6. The number of fused-ring (bicyclic) bond motifs is 1. The van der Waals surface area contributed by atoms with Crippen molar-refractivity contribution in [2.45, 2.75) is 6.54 Å². The Morgan fingerprint density at radius 3 is 2.80 bits per heavy atom. The highest BCUT2D eigenvalue weighted by Crippen LogP contribution is 2.25. The van der Waals surface area contributed by atoms with Crippen molar-refractivity contribution in [2.75, 3.05) is 11.9 Å². The first kappa shape index (κ1) is 16.7. The molecular weight excluding hydrogens is 332 g/mol. The van der Waals surface area contributed by atoms with Crippen LogP contribution in [0.3, 0.4) is 0 Å². The minimum Gasteiger partial charge on any atom is -0.484 e. The van der Waals surface area contributed by atoms with Gasteiger partial charge in [-0.25, -0.2) is 14.3 Å². The third kappa shape index (κ3) is 3.86. The average molecular weight is 347 g/mol.